The van der Waals surface area contributed by atoms with E-state index < -0.39 is 0 Å². The first-order valence-electron chi connectivity index (χ1n) is 6.54. The van der Waals surface area contributed by atoms with Gasteiger partial charge in [-0.1, -0.05) is 0 Å². The van der Waals surface area contributed by atoms with E-state index in [1.54, 1.807) is 18.4 Å². The van der Waals surface area contributed by atoms with E-state index in [-0.39, 0.29) is 11.9 Å². The van der Waals surface area contributed by atoms with Crippen molar-refractivity contribution in [3.05, 3.63) is 23.0 Å². The van der Waals surface area contributed by atoms with Gasteiger partial charge < -0.3 is 15.4 Å². The van der Waals surface area contributed by atoms with Gasteiger partial charge in [-0.25, -0.2) is 4.98 Å². The maximum atomic E-state index is 11.8. The molecular formula is C13H20N4O2S. The summed E-state index contributed by atoms with van der Waals surface area (Å²) in [4.78, 5) is 17.3. The average Bonchev–Trinajstić information content (AvgIpc) is 2.97. The Morgan fingerprint density at radius 3 is 3.15 bits per heavy atom. The Bertz CT molecular complexity index is 578. The fourth-order valence-corrected chi connectivity index (χ4v) is 2.70. The molecule has 0 saturated carbocycles. The molecule has 2 aromatic heterocycles. The van der Waals surface area contributed by atoms with Crippen LogP contribution in [0, 0.1) is 6.92 Å². The van der Waals surface area contributed by atoms with Crippen LogP contribution in [0.3, 0.4) is 0 Å². The number of amides is 1. The second kappa shape index (κ2) is 6.83. The van der Waals surface area contributed by atoms with Crippen LogP contribution in [0.4, 0.5) is 0 Å². The van der Waals surface area contributed by atoms with Crippen LogP contribution in [0.2, 0.25) is 0 Å². The van der Waals surface area contributed by atoms with Gasteiger partial charge in [-0.15, -0.1) is 11.3 Å². The van der Waals surface area contributed by atoms with Crippen LogP contribution in [-0.2, 0) is 16.1 Å². The molecular weight excluding hydrogens is 276 g/mol. The lowest BCUT2D eigenvalue weighted by atomic mass is 10.2. The monoisotopic (exact) mass is 296 g/mol. The lowest BCUT2D eigenvalue weighted by Crippen LogP contribution is -2.43. The molecule has 2 N–H and O–H groups in total. The van der Waals surface area contributed by atoms with Gasteiger partial charge in [0.2, 0.25) is 5.91 Å². The molecule has 0 radical (unpaired) electrons. The number of fused-ring (bicyclic) bond motifs is 1. The Morgan fingerprint density at radius 2 is 2.40 bits per heavy atom. The van der Waals surface area contributed by atoms with Crippen molar-refractivity contribution in [1.82, 2.24) is 20.0 Å². The summed E-state index contributed by atoms with van der Waals surface area (Å²) in [6.45, 7) is 5.50. The Balaban J connectivity index is 1.89. The fourth-order valence-electron chi connectivity index (χ4n) is 1.93. The van der Waals surface area contributed by atoms with Crippen molar-refractivity contribution >= 4 is 22.2 Å². The van der Waals surface area contributed by atoms with E-state index in [0.29, 0.717) is 19.7 Å². The van der Waals surface area contributed by atoms with Crippen LogP contribution in [0.5, 0.6) is 0 Å². The summed E-state index contributed by atoms with van der Waals surface area (Å²) in [5.74, 6) is -0.0224. The predicted octanol–water partition coefficient (Wildman–Crippen LogP) is 0.945. The van der Waals surface area contributed by atoms with Crippen molar-refractivity contribution in [3.63, 3.8) is 0 Å². The summed E-state index contributed by atoms with van der Waals surface area (Å²) in [6.07, 6.45) is 2.00. The Morgan fingerprint density at radius 1 is 1.60 bits per heavy atom. The van der Waals surface area contributed by atoms with Gasteiger partial charge in [0.15, 0.2) is 4.96 Å². The molecule has 2 aromatic rings. The second-order valence-electron chi connectivity index (χ2n) is 4.59. The molecule has 20 heavy (non-hydrogen) atoms. The molecule has 1 amide bonds. The summed E-state index contributed by atoms with van der Waals surface area (Å²) in [5.41, 5.74) is 2.09. The molecule has 0 aliphatic carbocycles. The van der Waals surface area contributed by atoms with Crippen molar-refractivity contribution in [1.29, 1.82) is 0 Å². The lowest BCUT2D eigenvalue weighted by Gasteiger charge is -2.14. The number of imidazole rings is 1. The van der Waals surface area contributed by atoms with Crippen LogP contribution in [0.25, 0.3) is 4.96 Å². The molecule has 0 aromatic carbocycles. The Hall–Kier alpha value is -1.44. The largest absolute Gasteiger partial charge is 0.383 e. The molecule has 0 fully saturated rings. The van der Waals surface area contributed by atoms with E-state index in [9.17, 15) is 4.79 Å². The van der Waals surface area contributed by atoms with E-state index in [2.05, 4.69) is 20.0 Å². The molecule has 2 heterocycles. The average molecular weight is 296 g/mol. The molecule has 0 aliphatic heterocycles. The van der Waals surface area contributed by atoms with Crippen molar-refractivity contribution in [2.75, 3.05) is 20.3 Å². The van der Waals surface area contributed by atoms with E-state index in [0.717, 1.165) is 16.3 Å². The number of carbonyl (C=O) groups is 1. The number of thiazole rings is 1. The van der Waals surface area contributed by atoms with E-state index in [4.69, 9.17) is 4.74 Å². The number of aromatic nitrogens is 2. The highest BCUT2D eigenvalue weighted by Gasteiger charge is 2.14. The Kier molecular flexibility index (Phi) is 5.11. The maximum Gasteiger partial charge on any atom is 0.236 e. The molecule has 0 spiro atoms. The van der Waals surface area contributed by atoms with Crippen molar-refractivity contribution in [3.8, 4) is 0 Å². The molecule has 6 nitrogen and oxygen atoms in total. The summed E-state index contributed by atoms with van der Waals surface area (Å²) >= 11 is 1.61. The molecule has 0 aliphatic rings. The highest BCUT2D eigenvalue weighted by Crippen LogP contribution is 2.16. The SMILES string of the molecule is COCCNC(=O)C(C)NCc1c(C)nc2sccn12. The van der Waals surface area contributed by atoms with E-state index >= 15 is 0 Å². The zero-order valence-electron chi connectivity index (χ0n) is 12.0. The van der Waals surface area contributed by atoms with Crippen molar-refractivity contribution < 1.29 is 9.53 Å². The molecule has 110 valence electrons. The van der Waals surface area contributed by atoms with Gasteiger partial charge in [0, 0.05) is 31.8 Å². The number of hydrogen-bond donors (Lipinski definition) is 2. The molecule has 0 saturated heterocycles. The van der Waals surface area contributed by atoms with Crippen molar-refractivity contribution in [2.24, 2.45) is 0 Å². The minimum atomic E-state index is -0.254. The van der Waals surface area contributed by atoms with Crippen LogP contribution >= 0.6 is 11.3 Å². The van der Waals surface area contributed by atoms with E-state index in [1.807, 2.05) is 25.4 Å². The molecule has 7 heteroatoms. The number of hydrogen-bond acceptors (Lipinski definition) is 5. The standard InChI is InChI=1S/C13H20N4O2S/c1-9-11(17-5-7-20-13(17)16-9)8-15-10(2)12(18)14-4-6-19-3/h5,7,10,15H,4,6,8H2,1-3H3,(H,14,18). The first-order chi connectivity index (χ1) is 9.63. The topological polar surface area (TPSA) is 67.7 Å². The minimum Gasteiger partial charge on any atom is -0.383 e. The maximum absolute atomic E-state index is 11.8. The molecule has 2 rings (SSSR count). The normalized spacial score (nSPS) is 12.8. The first kappa shape index (κ1) is 15.0. The summed E-state index contributed by atoms with van der Waals surface area (Å²) in [5, 5.41) is 8.04. The molecule has 0 bridgehead atoms. The predicted molar refractivity (Wildman–Crippen MR) is 79.0 cm³/mol. The van der Waals surface area contributed by atoms with Gasteiger partial charge >= 0.3 is 0 Å². The summed E-state index contributed by atoms with van der Waals surface area (Å²) in [6, 6.07) is -0.254. The van der Waals surface area contributed by atoms with Crippen LogP contribution in [-0.4, -0.2) is 41.6 Å². The number of methoxy groups -OCH3 is 1. The smallest absolute Gasteiger partial charge is 0.236 e. The highest BCUT2D eigenvalue weighted by molar-refractivity contribution is 7.15. The van der Waals surface area contributed by atoms with Crippen LogP contribution in [0.15, 0.2) is 11.6 Å². The van der Waals surface area contributed by atoms with Crippen LogP contribution < -0.4 is 10.6 Å². The fraction of sp³-hybridized carbons (Fsp3) is 0.538. The Labute approximate surface area is 122 Å². The highest BCUT2D eigenvalue weighted by atomic mass is 32.1. The summed E-state index contributed by atoms with van der Waals surface area (Å²) in [7, 11) is 1.61. The summed E-state index contributed by atoms with van der Waals surface area (Å²) < 4.78 is 6.96. The third-order valence-electron chi connectivity index (χ3n) is 3.14. The number of ether oxygens (including phenoxy) is 1. The minimum absolute atomic E-state index is 0.0224. The first-order valence-corrected chi connectivity index (χ1v) is 7.42. The van der Waals surface area contributed by atoms with E-state index in [1.165, 1.54) is 0 Å². The van der Waals surface area contributed by atoms with Gasteiger partial charge in [-0.3, -0.25) is 9.20 Å². The number of carbonyl (C=O) groups excluding carboxylic acids is 1. The number of aryl methyl sites for hydroxylation is 1. The molecule has 1 atom stereocenters. The quantitative estimate of drug-likeness (QED) is 0.746. The second-order valence-corrected chi connectivity index (χ2v) is 5.46. The lowest BCUT2D eigenvalue weighted by molar-refractivity contribution is -0.123. The molecule has 1 unspecified atom stereocenters. The zero-order chi connectivity index (χ0) is 14.5. The van der Waals surface area contributed by atoms with Gasteiger partial charge in [-0.05, 0) is 13.8 Å². The zero-order valence-corrected chi connectivity index (χ0v) is 12.8. The van der Waals surface area contributed by atoms with Gasteiger partial charge in [0.25, 0.3) is 0 Å². The third-order valence-corrected chi connectivity index (χ3v) is 3.89. The van der Waals surface area contributed by atoms with Crippen LogP contribution in [0.1, 0.15) is 18.3 Å². The van der Waals surface area contributed by atoms with Gasteiger partial charge in [-0.2, -0.15) is 0 Å². The number of nitrogens with one attached hydrogen (secondary N) is 2. The number of nitrogens with zero attached hydrogens (tertiary/aromatic N) is 2. The number of rotatable bonds is 7. The third kappa shape index (κ3) is 3.36. The van der Waals surface area contributed by atoms with Gasteiger partial charge in [0.1, 0.15) is 0 Å². The van der Waals surface area contributed by atoms with Gasteiger partial charge in [0.05, 0.1) is 24.0 Å². The van der Waals surface area contributed by atoms with Crippen molar-refractivity contribution in [2.45, 2.75) is 26.4 Å².